The lowest BCUT2D eigenvalue weighted by Crippen LogP contribution is -2.63. The number of hydrogen-bond donors (Lipinski definition) is 1. The second-order valence-electron chi connectivity index (χ2n) is 14.9. The summed E-state index contributed by atoms with van der Waals surface area (Å²) >= 11 is 0. The fourth-order valence-electron chi connectivity index (χ4n) is 10.9. The van der Waals surface area contributed by atoms with Crippen molar-refractivity contribution in [3.8, 4) is 0 Å². The van der Waals surface area contributed by atoms with Crippen molar-refractivity contribution in [3.05, 3.63) is 0 Å². The highest BCUT2D eigenvalue weighted by Gasteiger charge is 2.52. The predicted octanol–water partition coefficient (Wildman–Crippen LogP) is 8.49. The van der Waals surface area contributed by atoms with E-state index in [4.69, 9.17) is 0 Å². The molecule has 1 heterocycles. The van der Waals surface area contributed by atoms with Gasteiger partial charge in [0.1, 0.15) is 0 Å². The van der Waals surface area contributed by atoms with Crippen molar-refractivity contribution in [1.82, 2.24) is 10.2 Å². The fraction of sp³-hybridized carbons (Fsp3) is 1.00. The largest absolute Gasteiger partial charge is 0.311 e. The molecule has 5 aliphatic carbocycles. The summed E-state index contributed by atoms with van der Waals surface area (Å²) in [4.78, 5) is 3.18. The zero-order chi connectivity index (χ0) is 23.8. The first kappa shape index (κ1) is 25.2. The third-order valence-corrected chi connectivity index (χ3v) is 12.8. The van der Waals surface area contributed by atoms with Gasteiger partial charge in [-0.2, -0.15) is 0 Å². The molecule has 1 N–H and O–H groups in total. The molecule has 0 amide bonds. The first-order valence-corrected chi connectivity index (χ1v) is 16.6. The van der Waals surface area contributed by atoms with Gasteiger partial charge in [-0.25, -0.2) is 0 Å². The van der Waals surface area contributed by atoms with Crippen molar-refractivity contribution in [1.29, 1.82) is 0 Å². The van der Waals surface area contributed by atoms with Crippen LogP contribution in [0.4, 0.5) is 0 Å². The molecule has 5 atom stereocenters. The van der Waals surface area contributed by atoms with Gasteiger partial charge in [0.2, 0.25) is 0 Å². The summed E-state index contributed by atoms with van der Waals surface area (Å²) < 4.78 is 0. The summed E-state index contributed by atoms with van der Waals surface area (Å²) in [7, 11) is 0. The molecule has 0 spiro atoms. The first-order valence-electron chi connectivity index (χ1n) is 16.6. The Morgan fingerprint density at radius 3 is 1.66 bits per heavy atom. The molecule has 6 fully saturated rings. The predicted molar refractivity (Wildman–Crippen MR) is 149 cm³/mol. The normalized spacial score (nSPS) is 43.5. The fourth-order valence-corrected chi connectivity index (χ4v) is 10.9. The van der Waals surface area contributed by atoms with Crippen LogP contribution < -0.4 is 5.32 Å². The number of nitrogens with zero attached hydrogens (tertiary/aromatic N) is 1. The zero-order valence-electron chi connectivity index (χ0n) is 23.5. The SMILES string of the molecule is CC1(C)C2CCCCC2NC2CCC(C3CCC(N(C4CCCCC4)C4CCCCC4)CC3)CC21. The lowest BCUT2D eigenvalue weighted by Gasteiger charge is -2.58. The van der Waals surface area contributed by atoms with Gasteiger partial charge in [-0.3, -0.25) is 4.90 Å². The Morgan fingerprint density at radius 1 is 0.486 bits per heavy atom. The van der Waals surface area contributed by atoms with Gasteiger partial charge >= 0.3 is 0 Å². The Hall–Kier alpha value is -0.0800. The third kappa shape index (κ3) is 5.15. The quantitative estimate of drug-likeness (QED) is 0.432. The first-order chi connectivity index (χ1) is 17.1. The summed E-state index contributed by atoms with van der Waals surface area (Å²) in [6, 6.07) is 4.44. The van der Waals surface area contributed by atoms with Gasteiger partial charge in [0.15, 0.2) is 0 Å². The van der Waals surface area contributed by atoms with E-state index in [-0.39, 0.29) is 0 Å². The van der Waals surface area contributed by atoms with Crippen LogP contribution >= 0.6 is 0 Å². The molecule has 35 heavy (non-hydrogen) atoms. The molecule has 0 radical (unpaired) electrons. The van der Waals surface area contributed by atoms with Crippen molar-refractivity contribution < 1.29 is 0 Å². The average molecular weight is 483 g/mol. The molecule has 0 aromatic heterocycles. The Morgan fingerprint density at radius 2 is 1.00 bits per heavy atom. The molecule has 5 unspecified atom stereocenters. The number of nitrogens with one attached hydrogen (secondary N) is 1. The van der Waals surface area contributed by atoms with Crippen LogP contribution in [0.15, 0.2) is 0 Å². The van der Waals surface area contributed by atoms with Crippen molar-refractivity contribution in [2.24, 2.45) is 29.1 Å². The highest BCUT2D eigenvalue weighted by Crippen LogP contribution is 2.54. The van der Waals surface area contributed by atoms with Crippen molar-refractivity contribution >= 4 is 0 Å². The minimum Gasteiger partial charge on any atom is -0.311 e. The standard InChI is InChI=1S/C33H58N2/c1-33(2)29-15-9-10-16-31(29)34-32-22-19-25(23-30(32)33)24-17-20-28(21-18-24)35(26-11-5-3-6-12-26)27-13-7-4-8-14-27/h24-32,34H,3-23H2,1-2H3. The van der Waals surface area contributed by atoms with Crippen LogP contribution in [-0.2, 0) is 0 Å². The van der Waals surface area contributed by atoms with E-state index in [1.807, 2.05) is 0 Å². The second-order valence-corrected chi connectivity index (χ2v) is 14.9. The van der Waals surface area contributed by atoms with E-state index in [0.717, 1.165) is 53.9 Å². The number of rotatable bonds is 4. The van der Waals surface area contributed by atoms with E-state index in [9.17, 15) is 0 Å². The monoisotopic (exact) mass is 482 g/mol. The van der Waals surface area contributed by atoms with Gasteiger partial charge in [-0.05, 0) is 113 Å². The lowest BCUT2D eigenvalue weighted by molar-refractivity contribution is -0.0568. The Kier molecular flexibility index (Phi) is 7.89. The average Bonchev–Trinajstić information content (AvgIpc) is 2.91. The van der Waals surface area contributed by atoms with Crippen LogP contribution in [0.25, 0.3) is 0 Å². The number of hydrogen-bond acceptors (Lipinski definition) is 2. The molecule has 1 aliphatic heterocycles. The second kappa shape index (κ2) is 11.0. The molecule has 200 valence electrons. The molecular weight excluding hydrogens is 424 g/mol. The maximum atomic E-state index is 4.22. The van der Waals surface area contributed by atoms with Gasteiger partial charge < -0.3 is 5.32 Å². The molecular formula is C33H58N2. The topological polar surface area (TPSA) is 15.3 Å². The molecule has 0 aromatic carbocycles. The molecule has 2 nitrogen and oxygen atoms in total. The minimum absolute atomic E-state index is 0.551. The summed E-state index contributed by atoms with van der Waals surface area (Å²) in [6.07, 6.45) is 31.6. The van der Waals surface area contributed by atoms with Crippen molar-refractivity contribution in [2.45, 2.75) is 179 Å². The maximum Gasteiger partial charge on any atom is 0.0103 e. The molecule has 1 saturated heterocycles. The van der Waals surface area contributed by atoms with Crippen LogP contribution in [0.2, 0.25) is 0 Å². The van der Waals surface area contributed by atoms with Crippen LogP contribution in [0.5, 0.6) is 0 Å². The highest BCUT2D eigenvalue weighted by molar-refractivity contribution is 5.06. The molecule has 6 aliphatic rings. The van der Waals surface area contributed by atoms with E-state index < -0.39 is 0 Å². The molecule has 2 heteroatoms. The molecule has 0 aromatic rings. The smallest absolute Gasteiger partial charge is 0.0103 e. The number of fused-ring (bicyclic) bond motifs is 2. The van der Waals surface area contributed by atoms with Gasteiger partial charge in [0.05, 0.1) is 0 Å². The third-order valence-electron chi connectivity index (χ3n) is 12.8. The highest BCUT2D eigenvalue weighted by atomic mass is 15.2. The van der Waals surface area contributed by atoms with Gasteiger partial charge in [-0.1, -0.05) is 65.2 Å². The van der Waals surface area contributed by atoms with Gasteiger partial charge in [-0.15, -0.1) is 0 Å². The Bertz CT molecular complexity index is 649. The summed E-state index contributed by atoms with van der Waals surface area (Å²) in [5.74, 6) is 3.92. The molecule has 0 bridgehead atoms. The Balaban J connectivity index is 1.08. The van der Waals surface area contributed by atoms with Crippen LogP contribution in [0, 0.1) is 29.1 Å². The minimum atomic E-state index is 0.551. The van der Waals surface area contributed by atoms with E-state index in [1.165, 1.54) is 122 Å². The molecule has 6 rings (SSSR count). The maximum absolute atomic E-state index is 4.22. The van der Waals surface area contributed by atoms with E-state index in [0.29, 0.717) is 5.41 Å². The van der Waals surface area contributed by atoms with Crippen LogP contribution in [0.1, 0.15) is 149 Å². The van der Waals surface area contributed by atoms with E-state index >= 15 is 0 Å². The summed E-state index contributed by atoms with van der Waals surface area (Å²) in [6.45, 7) is 5.36. The van der Waals surface area contributed by atoms with Crippen LogP contribution in [-0.4, -0.2) is 35.1 Å². The number of piperidine rings is 1. The Labute approximate surface area is 218 Å². The summed E-state index contributed by atoms with van der Waals surface area (Å²) in [5.41, 5.74) is 0.551. The van der Waals surface area contributed by atoms with E-state index in [1.54, 1.807) is 12.8 Å². The van der Waals surface area contributed by atoms with Crippen molar-refractivity contribution in [2.75, 3.05) is 0 Å². The summed E-state index contributed by atoms with van der Waals surface area (Å²) in [5, 5.41) is 4.22. The van der Waals surface area contributed by atoms with Gasteiger partial charge in [0.25, 0.3) is 0 Å². The van der Waals surface area contributed by atoms with Crippen molar-refractivity contribution in [3.63, 3.8) is 0 Å². The zero-order valence-corrected chi connectivity index (χ0v) is 23.5. The lowest BCUT2D eigenvalue weighted by atomic mass is 9.53. The van der Waals surface area contributed by atoms with E-state index in [2.05, 4.69) is 24.1 Å². The van der Waals surface area contributed by atoms with Crippen LogP contribution in [0.3, 0.4) is 0 Å². The van der Waals surface area contributed by atoms with Gasteiger partial charge in [0, 0.05) is 30.2 Å². The molecule has 5 saturated carbocycles.